The molecule has 1 atom stereocenters. The number of amides is 1. The number of carbonyl (C=O) groups excluding carboxylic acids is 1. The fourth-order valence-electron chi connectivity index (χ4n) is 4.34. The van der Waals surface area contributed by atoms with E-state index in [9.17, 15) is 4.79 Å². The largest absolute Gasteiger partial charge is 0.383 e. The highest BCUT2D eigenvalue weighted by Crippen LogP contribution is 2.42. The molecule has 170 valence electrons. The highest BCUT2D eigenvalue weighted by molar-refractivity contribution is 5.99. The molecule has 0 saturated heterocycles. The first kappa shape index (κ1) is 24.9. The van der Waals surface area contributed by atoms with Gasteiger partial charge < -0.3 is 14.6 Å². The molecule has 0 spiro atoms. The summed E-state index contributed by atoms with van der Waals surface area (Å²) >= 11 is 0. The summed E-state index contributed by atoms with van der Waals surface area (Å²) in [5.74, 6) is -0.000471. The van der Waals surface area contributed by atoms with E-state index in [0.29, 0.717) is 17.6 Å². The summed E-state index contributed by atoms with van der Waals surface area (Å²) in [6.07, 6.45) is 3.37. The Kier molecular flexibility index (Phi) is 8.30. The van der Waals surface area contributed by atoms with Crippen LogP contribution in [0.15, 0.2) is 42.0 Å². The number of aromatic nitrogens is 1. The van der Waals surface area contributed by atoms with Gasteiger partial charge in [-0.2, -0.15) is 0 Å². The molecule has 1 heterocycles. The Bertz CT molecular complexity index is 965. The zero-order valence-corrected chi connectivity index (χ0v) is 20.7. The summed E-state index contributed by atoms with van der Waals surface area (Å²) in [6.45, 7) is 17.8. The lowest BCUT2D eigenvalue weighted by atomic mass is 9.73. The number of carbonyl (C=O) groups is 1. The van der Waals surface area contributed by atoms with Crippen molar-refractivity contribution < 1.29 is 9.53 Å². The van der Waals surface area contributed by atoms with E-state index in [2.05, 4.69) is 38.4 Å². The van der Waals surface area contributed by atoms with E-state index in [4.69, 9.17) is 4.74 Å². The van der Waals surface area contributed by atoms with E-state index in [1.807, 2.05) is 46.0 Å². The zero-order valence-electron chi connectivity index (χ0n) is 20.7. The van der Waals surface area contributed by atoms with E-state index in [-0.39, 0.29) is 11.9 Å². The first-order chi connectivity index (χ1) is 14.6. The van der Waals surface area contributed by atoms with E-state index in [0.717, 1.165) is 35.0 Å². The second kappa shape index (κ2) is 10.3. The Morgan fingerprint density at radius 2 is 1.97 bits per heavy atom. The first-order valence-electron chi connectivity index (χ1n) is 11.4. The number of benzene rings is 1. The molecule has 0 aliphatic heterocycles. The van der Waals surface area contributed by atoms with E-state index >= 15 is 0 Å². The molecule has 31 heavy (non-hydrogen) atoms. The van der Waals surface area contributed by atoms with Gasteiger partial charge in [-0.25, -0.2) is 0 Å². The summed E-state index contributed by atoms with van der Waals surface area (Å²) < 4.78 is 5.18. The van der Waals surface area contributed by atoms with Crippen molar-refractivity contribution in [2.45, 2.75) is 66.8 Å². The van der Waals surface area contributed by atoms with Crippen molar-refractivity contribution in [3.05, 3.63) is 53.2 Å². The number of H-pyrrole nitrogens is 1. The number of ether oxygens (including phenoxy) is 1. The average molecular weight is 425 g/mol. The molecule has 4 nitrogen and oxygen atoms in total. The number of aromatic amines is 1. The molecule has 0 fully saturated rings. The molecular weight excluding hydrogens is 384 g/mol. The summed E-state index contributed by atoms with van der Waals surface area (Å²) in [5, 5.41) is 1.10. The van der Waals surface area contributed by atoms with Gasteiger partial charge in [0.1, 0.15) is 0 Å². The second-order valence-electron chi connectivity index (χ2n) is 9.28. The average Bonchev–Trinajstić information content (AvgIpc) is 3.16. The molecule has 3 rings (SSSR count). The van der Waals surface area contributed by atoms with Crippen LogP contribution in [0.2, 0.25) is 0 Å². The minimum absolute atomic E-state index is 0.000471. The van der Waals surface area contributed by atoms with Crippen LogP contribution in [0, 0.1) is 5.41 Å². The topological polar surface area (TPSA) is 45.3 Å². The third kappa shape index (κ3) is 5.68. The molecule has 1 unspecified atom stereocenters. The van der Waals surface area contributed by atoms with Crippen molar-refractivity contribution in [3.63, 3.8) is 0 Å². The van der Waals surface area contributed by atoms with Crippen molar-refractivity contribution in [3.8, 4) is 0 Å². The summed E-state index contributed by atoms with van der Waals surface area (Å²) in [4.78, 5) is 18.0. The lowest BCUT2D eigenvalue weighted by Gasteiger charge is -2.32. The van der Waals surface area contributed by atoms with Crippen molar-refractivity contribution in [2.24, 2.45) is 5.41 Å². The Morgan fingerprint density at radius 1 is 1.29 bits per heavy atom. The molecule has 2 aromatic rings. The van der Waals surface area contributed by atoms with Gasteiger partial charge in [0.25, 0.3) is 5.91 Å². The Balaban J connectivity index is 0.00000166. The van der Waals surface area contributed by atoms with E-state index < -0.39 is 0 Å². The highest BCUT2D eigenvalue weighted by Gasteiger charge is 2.26. The lowest BCUT2D eigenvalue weighted by molar-refractivity contribution is 0.0633. The van der Waals surface area contributed by atoms with Crippen LogP contribution >= 0.6 is 0 Å². The number of nitrogens with zero attached hydrogens (tertiary/aromatic N) is 1. The maximum absolute atomic E-state index is 12.8. The smallest absolute Gasteiger partial charge is 0.253 e. The summed E-state index contributed by atoms with van der Waals surface area (Å²) in [6, 6.07) is 8.01. The summed E-state index contributed by atoms with van der Waals surface area (Å²) in [7, 11) is 3.47. The monoisotopic (exact) mass is 424 g/mol. The van der Waals surface area contributed by atoms with Crippen LogP contribution in [0.4, 0.5) is 0 Å². The highest BCUT2D eigenvalue weighted by atomic mass is 16.5. The van der Waals surface area contributed by atoms with Crippen LogP contribution in [0.1, 0.15) is 76.9 Å². The predicted molar refractivity (Wildman–Crippen MR) is 132 cm³/mol. The van der Waals surface area contributed by atoms with Crippen LogP contribution in [-0.4, -0.2) is 42.6 Å². The van der Waals surface area contributed by atoms with E-state index in [1.165, 1.54) is 17.6 Å². The quantitative estimate of drug-likeness (QED) is 0.552. The van der Waals surface area contributed by atoms with E-state index in [1.54, 1.807) is 12.0 Å². The van der Waals surface area contributed by atoms with Gasteiger partial charge >= 0.3 is 0 Å². The summed E-state index contributed by atoms with van der Waals surface area (Å²) in [5.41, 5.74) is 6.95. The van der Waals surface area contributed by atoms with Crippen molar-refractivity contribution in [1.29, 1.82) is 0 Å². The van der Waals surface area contributed by atoms with Crippen LogP contribution in [-0.2, 0) is 4.74 Å². The van der Waals surface area contributed by atoms with Gasteiger partial charge in [0.15, 0.2) is 0 Å². The molecule has 1 aliphatic rings. The molecule has 0 bridgehead atoms. The maximum Gasteiger partial charge on any atom is 0.253 e. The molecular formula is C27H40N2O2. The van der Waals surface area contributed by atoms with Crippen LogP contribution < -0.4 is 0 Å². The standard InChI is InChI=1S/C25H34N2O2.C2H6/c1-16-14-25(4,5)11-10-21(16)18(3)22-12-19-8-9-20(13-23(19)26-22)24(28)27(6)17(2)15-29-7;1-2/h8-9,12-13,17,26H,3,10-11,14-15H2,1-2,4-7H3;1-2H3. The molecule has 0 saturated carbocycles. The van der Waals surface area contributed by atoms with Gasteiger partial charge in [0.2, 0.25) is 0 Å². The SMILES string of the molecule is C=C(C1=C(C)CC(C)(C)CC1)c1cc2ccc(C(=O)N(C)C(C)COC)cc2[nH]1.CC. The number of hydrogen-bond donors (Lipinski definition) is 1. The van der Waals surface area contributed by atoms with Gasteiger partial charge in [-0.3, -0.25) is 4.79 Å². The van der Waals surface area contributed by atoms with Crippen molar-refractivity contribution >= 4 is 22.4 Å². The molecule has 1 aliphatic carbocycles. The van der Waals surface area contributed by atoms with Crippen LogP contribution in [0.5, 0.6) is 0 Å². The molecule has 0 radical (unpaired) electrons. The van der Waals surface area contributed by atoms with Gasteiger partial charge in [0, 0.05) is 36.3 Å². The fraction of sp³-hybridized carbons (Fsp3) is 0.519. The normalized spacial score (nSPS) is 16.5. The molecule has 4 heteroatoms. The molecule has 1 N–H and O–H groups in total. The van der Waals surface area contributed by atoms with Gasteiger partial charge in [0.05, 0.1) is 12.6 Å². The number of likely N-dealkylation sites (N-methyl/N-ethyl adjacent to an activating group) is 1. The zero-order chi connectivity index (χ0) is 23.3. The third-order valence-corrected chi connectivity index (χ3v) is 6.26. The minimum atomic E-state index is -0.000471. The number of rotatable bonds is 6. The maximum atomic E-state index is 12.8. The number of nitrogens with one attached hydrogen (secondary N) is 1. The van der Waals surface area contributed by atoms with Crippen LogP contribution in [0.25, 0.3) is 16.5 Å². The van der Waals surface area contributed by atoms with Gasteiger partial charge in [-0.05, 0) is 67.9 Å². The van der Waals surface area contributed by atoms with Crippen molar-refractivity contribution in [1.82, 2.24) is 9.88 Å². The Labute approximate surface area is 188 Å². The predicted octanol–water partition coefficient (Wildman–Crippen LogP) is 6.84. The van der Waals surface area contributed by atoms with Gasteiger partial charge in [-0.1, -0.05) is 45.9 Å². The number of hydrogen-bond acceptors (Lipinski definition) is 2. The third-order valence-electron chi connectivity index (χ3n) is 6.26. The minimum Gasteiger partial charge on any atom is -0.383 e. The number of methoxy groups -OCH3 is 1. The van der Waals surface area contributed by atoms with Gasteiger partial charge in [-0.15, -0.1) is 0 Å². The molecule has 1 amide bonds. The second-order valence-corrected chi connectivity index (χ2v) is 9.28. The number of fused-ring (bicyclic) bond motifs is 1. The molecule has 1 aromatic carbocycles. The molecule has 1 aromatic heterocycles. The Hall–Kier alpha value is -2.33. The van der Waals surface area contributed by atoms with Crippen LogP contribution in [0.3, 0.4) is 0 Å². The van der Waals surface area contributed by atoms with Crippen molar-refractivity contribution in [2.75, 3.05) is 20.8 Å². The fourth-order valence-corrected chi connectivity index (χ4v) is 4.34. The Morgan fingerprint density at radius 3 is 2.58 bits per heavy atom. The first-order valence-corrected chi connectivity index (χ1v) is 11.4. The number of allylic oxidation sites excluding steroid dienone is 3. The lowest BCUT2D eigenvalue weighted by Crippen LogP contribution is -2.37.